The lowest BCUT2D eigenvalue weighted by atomic mass is 9.52. The van der Waals surface area contributed by atoms with E-state index in [2.05, 4.69) is 41.5 Å². The van der Waals surface area contributed by atoms with E-state index < -0.39 is 0 Å². The molecule has 1 unspecified atom stereocenters. The van der Waals surface area contributed by atoms with Gasteiger partial charge < -0.3 is 10.5 Å². The molecule has 1 atom stereocenters. The maximum atomic E-state index is 6.26. The summed E-state index contributed by atoms with van der Waals surface area (Å²) in [6.07, 6.45) is 0. The molecule has 0 aromatic carbocycles. The molecular weight excluding hydrogens is 198 g/mol. The summed E-state index contributed by atoms with van der Waals surface area (Å²) in [5, 5.41) is 0. The van der Waals surface area contributed by atoms with Gasteiger partial charge in [0.1, 0.15) is 0 Å². The third-order valence-electron chi connectivity index (χ3n) is 3.94. The van der Waals surface area contributed by atoms with Crippen LogP contribution >= 0.6 is 0 Å². The molecule has 0 spiro atoms. The molecule has 1 rings (SSSR count). The van der Waals surface area contributed by atoms with Gasteiger partial charge in [-0.25, -0.2) is 0 Å². The van der Waals surface area contributed by atoms with Crippen molar-refractivity contribution in [2.75, 3.05) is 13.2 Å². The fraction of sp³-hybridized carbons (Fsp3) is 1.00. The Kier molecular flexibility index (Phi) is 5.03. The highest BCUT2D eigenvalue weighted by atomic mass is 16.5. The third-order valence-corrected chi connectivity index (χ3v) is 3.94. The molecule has 0 bridgehead atoms. The highest BCUT2D eigenvalue weighted by Gasteiger charge is 2.57. The predicted molar refractivity (Wildman–Crippen MR) is 71.5 cm³/mol. The van der Waals surface area contributed by atoms with Gasteiger partial charge in [0.15, 0.2) is 0 Å². The number of hydrogen-bond donors (Lipinski definition) is 1. The molecular formula is C14H31NO. The summed E-state index contributed by atoms with van der Waals surface area (Å²) in [6.45, 7) is 19.1. The van der Waals surface area contributed by atoms with Crippen LogP contribution in [0.2, 0.25) is 0 Å². The van der Waals surface area contributed by atoms with E-state index in [1.54, 1.807) is 0 Å². The van der Waals surface area contributed by atoms with Gasteiger partial charge in [-0.3, -0.25) is 0 Å². The summed E-state index contributed by atoms with van der Waals surface area (Å²) in [4.78, 5) is 0. The molecule has 98 valence electrons. The number of nitrogens with two attached hydrogens (primary N) is 1. The molecule has 0 radical (unpaired) electrons. The summed E-state index contributed by atoms with van der Waals surface area (Å²) in [7, 11) is 0. The standard InChI is InChI=1S/C12H25NO.C2H6/c1-10(2,3)12(11(4,5)6)8-14-7-9(12)13;1-2/h9H,7-8,13H2,1-6H3;1-2H3. The summed E-state index contributed by atoms with van der Waals surface area (Å²) in [5.74, 6) is 0. The Morgan fingerprint density at radius 3 is 1.50 bits per heavy atom. The van der Waals surface area contributed by atoms with Crippen molar-refractivity contribution < 1.29 is 4.74 Å². The lowest BCUT2D eigenvalue weighted by molar-refractivity contribution is -0.0463. The van der Waals surface area contributed by atoms with E-state index in [1.165, 1.54) is 0 Å². The topological polar surface area (TPSA) is 35.2 Å². The quantitative estimate of drug-likeness (QED) is 0.690. The Hall–Kier alpha value is -0.0800. The van der Waals surface area contributed by atoms with Crippen LogP contribution in [-0.4, -0.2) is 19.3 Å². The minimum Gasteiger partial charge on any atom is -0.379 e. The zero-order chi connectivity index (χ0) is 13.2. The zero-order valence-corrected chi connectivity index (χ0v) is 12.5. The van der Waals surface area contributed by atoms with Crippen LogP contribution in [0, 0.1) is 16.2 Å². The number of hydrogen-bond acceptors (Lipinski definition) is 2. The van der Waals surface area contributed by atoms with E-state index in [9.17, 15) is 0 Å². The van der Waals surface area contributed by atoms with Crippen LogP contribution in [-0.2, 0) is 4.74 Å². The Morgan fingerprint density at radius 2 is 1.38 bits per heavy atom. The average molecular weight is 229 g/mol. The second-order valence-corrected chi connectivity index (χ2v) is 6.59. The molecule has 0 aromatic heterocycles. The summed E-state index contributed by atoms with van der Waals surface area (Å²) in [6, 6.07) is 0.155. The van der Waals surface area contributed by atoms with Gasteiger partial charge in [-0.2, -0.15) is 0 Å². The van der Waals surface area contributed by atoms with Gasteiger partial charge >= 0.3 is 0 Å². The fourth-order valence-corrected chi connectivity index (χ4v) is 3.27. The molecule has 0 saturated carbocycles. The molecule has 1 aliphatic rings. The SMILES string of the molecule is CC.CC(C)(C)C1(C(C)(C)C)COCC1N. The molecule has 0 amide bonds. The second kappa shape index (κ2) is 5.05. The van der Waals surface area contributed by atoms with Crippen LogP contribution in [0.5, 0.6) is 0 Å². The number of rotatable bonds is 0. The first-order chi connectivity index (χ1) is 7.13. The highest BCUT2D eigenvalue weighted by Crippen LogP contribution is 2.55. The monoisotopic (exact) mass is 229 g/mol. The van der Waals surface area contributed by atoms with E-state index in [4.69, 9.17) is 10.5 Å². The Balaban J connectivity index is 0.00000106. The van der Waals surface area contributed by atoms with E-state index in [-0.39, 0.29) is 22.3 Å². The van der Waals surface area contributed by atoms with Crippen molar-refractivity contribution >= 4 is 0 Å². The van der Waals surface area contributed by atoms with Crippen LogP contribution in [0.15, 0.2) is 0 Å². The summed E-state index contributed by atoms with van der Waals surface area (Å²) in [5.41, 5.74) is 6.71. The normalized spacial score (nSPS) is 24.9. The molecule has 1 aliphatic heterocycles. The largest absolute Gasteiger partial charge is 0.379 e. The zero-order valence-electron chi connectivity index (χ0n) is 12.5. The van der Waals surface area contributed by atoms with Crippen molar-refractivity contribution in [1.29, 1.82) is 0 Å². The first-order valence-corrected chi connectivity index (χ1v) is 6.46. The minimum absolute atomic E-state index is 0.0833. The molecule has 1 heterocycles. The molecule has 1 saturated heterocycles. The van der Waals surface area contributed by atoms with Crippen molar-refractivity contribution in [3.63, 3.8) is 0 Å². The van der Waals surface area contributed by atoms with Crippen molar-refractivity contribution in [3.8, 4) is 0 Å². The maximum absolute atomic E-state index is 6.26. The van der Waals surface area contributed by atoms with Gasteiger partial charge in [0.2, 0.25) is 0 Å². The van der Waals surface area contributed by atoms with E-state index in [1.807, 2.05) is 13.8 Å². The third kappa shape index (κ3) is 2.43. The molecule has 0 aromatic rings. The lowest BCUT2D eigenvalue weighted by Gasteiger charge is -2.53. The van der Waals surface area contributed by atoms with Crippen molar-refractivity contribution in [2.24, 2.45) is 22.0 Å². The van der Waals surface area contributed by atoms with Crippen LogP contribution < -0.4 is 5.73 Å². The Bertz CT molecular complexity index is 196. The molecule has 2 heteroatoms. The molecule has 0 aliphatic carbocycles. The Morgan fingerprint density at radius 1 is 1.00 bits per heavy atom. The second-order valence-electron chi connectivity index (χ2n) is 6.59. The smallest absolute Gasteiger partial charge is 0.0624 e. The number of ether oxygens (including phenoxy) is 1. The fourth-order valence-electron chi connectivity index (χ4n) is 3.27. The van der Waals surface area contributed by atoms with Crippen LogP contribution in [0.1, 0.15) is 55.4 Å². The van der Waals surface area contributed by atoms with Crippen molar-refractivity contribution in [1.82, 2.24) is 0 Å². The molecule has 16 heavy (non-hydrogen) atoms. The van der Waals surface area contributed by atoms with Gasteiger partial charge in [0, 0.05) is 11.5 Å². The van der Waals surface area contributed by atoms with E-state index in [0.717, 1.165) is 6.61 Å². The first kappa shape index (κ1) is 15.9. The van der Waals surface area contributed by atoms with Gasteiger partial charge in [-0.15, -0.1) is 0 Å². The van der Waals surface area contributed by atoms with Gasteiger partial charge in [0.25, 0.3) is 0 Å². The van der Waals surface area contributed by atoms with Crippen LogP contribution in [0.25, 0.3) is 0 Å². The summed E-state index contributed by atoms with van der Waals surface area (Å²) < 4.78 is 5.60. The molecule has 2 N–H and O–H groups in total. The van der Waals surface area contributed by atoms with E-state index >= 15 is 0 Å². The van der Waals surface area contributed by atoms with Crippen LogP contribution in [0.3, 0.4) is 0 Å². The van der Waals surface area contributed by atoms with Crippen LogP contribution in [0.4, 0.5) is 0 Å². The first-order valence-electron chi connectivity index (χ1n) is 6.46. The summed E-state index contributed by atoms with van der Waals surface area (Å²) >= 11 is 0. The lowest BCUT2D eigenvalue weighted by Crippen LogP contribution is -2.57. The van der Waals surface area contributed by atoms with Gasteiger partial charge in [-0.1, -0.05) is 55.4 Å². The highest BCUT2D eigenvalue weighted by molar-refractivity contribution is 5.07. The maximum Gasteiger partial charge on any atom is 0.0624 e. The van der Waals surface area contributed by atoms with Crippen molar-refractivity contribution in [3.05, 3.63) is 0 Å². The van der Waals surface area contributed by atoms with Gasteiger partial charge in [0.05, 0.1) is 13.2 Å². The average Bonchev–Trinajstić information content (AvgIpc) is 2.49. The molecule has 2 nitrogen and oxygen atoms in total. The Labute approximate surface area is 102 Å². The minimum atomic E-state index is 0.0833. The van der Waals surface area contributed by atoms with E-state index in [0.29, 0.717) is 6.61 Å². The van der Waals surface area contributed by atoms with Gasteiger partial charge in [-0.05, 0) is 10.8 Å². The predicted octanol–water partition coefficient (Wildman–Crippen LogP) is 3.45. The van der Waals surface area contributed by atoms with Crippen molar-refractivity contribution in [2.45, 2.75) is 61.4 Å². The molecule has 1 fully saturated rings.